The molecule has 0 aliphatic heterocycles. The number of rotatable bonds is 9. The third-order valence-corrected chi connectivity index (χ3v) is 7.85. The van der Waals surface area contributed by atoms with Crippen LogP contribution >= 0.6 is 0 Å². The van der Waals surface area contributed by atoms with E-state index in [0.29, 0.717) is 29.8 Å². The van der Waals surface area contributed by atoms with Gasteiger partial charge in [-0.25, -0.2) is 0 Å². The molecule has 4 aliphatic rings. The van der Waals surface area contributed by atoms with Crippen LogP contribution in [0.1, 0.15) is 71.1 Å². The van der Waals surface area contributed by atoms with Gasteiger partial charge in [-0.15, -0.1) is 0 Å². The van der Waals surface area contributed by atoms with Crippen LogP contribution in [0.5, 0.6) is 0 Å². The van der Waals surface area contributed by atoms with Crippen molar-refractivity contribution in [3.8, 4) is 0 Å². The van der Waals surface area contributed by atoms with Gasteiger partial charge in [-0.1, -0.05) is 75.1 Å². The average Bonchev–Trinajstić information content (AvgIpc) is 2.84. The molecule has 4 rings (SSSR count). The maximum atomic E-state index is 5.90. The zero-order chi connectivity index (χ0) is 22.2. The molecule has 4 unspecified atom stereocenters. The lowest BCUT2D eigenvalue weighted by Gasteiger charge is -2.37. The summed E-state index contributed by atoms with van der Waals surface area (Å²) in [6.45, 7) is 3.10. The summed E-state index contributed by atoms with van der Waals surface area (Å²) in [4.78, 5) is 0. The third-order valence-electron chi connectivity index (χ3n) is 7.85. The van der Waals surface area contributed by atoms with Gasteiger partial charge in [0, 0.05) is 17.4 Å². The fraction of sp³-hybridized carbons (Fsp3) is 0.586. The third kappa shape index (κ3) is 5.86. The summed E-state index contributed by atoms with van der Waals surface area (Å²) in [6.07, 6.45) is 33.0. The fourth-order valence-electron chi connectivity index (χ4n) is 6.10. The van der Waals surface area contributed by atoms with Gasteiger partial charge in [0.15, 0.2) is 0 Å². The zero-order valence-electron chi connectivity index (χ0n) is 19.9. The van der Waals surface area contributed by atoms with Crippen molar-refractivity contribution < 1.29 is 0 Å². The maximum absolute atomic E-state index is 5.90. The fourth-order valence-corrected chi connectivity index (χ4v) is 6.10. The van der Waals surface area contributed by atoms with Crippen molar-refractivity contribution in [1.82, 2.24) is 10.6 Å². The molecule has 0 aromatic carbocycles. The van der Waals surface area contributed by atoms with Crippen LogP contribution in [0.2, 0.25) is 0 Å². The Morgan fingerprint density at radius 2 is 1.88 bits per heavy atom. The highest BCUT2D eigenvalue weighted by Crippen LogP contribution is 2.37. The first-order valence-corrected chi connectivity index (χ1v) is 13.1. The molecule has 0 bridgehead atoms. The zero-order valence-corrected chi connectivity index (χ0v) is 19.9. The predicted octanol–water partition coefficient (Wildman–Crippen LogP) is 6.05. The van der Waals surface area contributed by atoms with Crippen molar-refractivity contribution in [2.24, 2.45) is 23.5 Å². The lowest BCUT2D eigenvalue weighted by Crippen LogP contribution is -2.40. The number of allylic oxidation sites excluding steroid dienone is 7. The SMILES string of the molecule is CCC(CCN)C1C=CC=C(NC2CC=CC(NC3C=CC=CC3)=C2C2CCCCC2)C1. The van der Waals surface area contributed by atoms with Gasteiger partial charge < -0.3 is 16.4 Å². The minimum absolute atomic E-state index is 0.403. The van der Waals surface area contributed by atoms with Crippen LogP contribution in [0.4, 0.5) is 0 Å². The molecule has 4 aliphatic carbocycles. The minimum Gasteiger partial charge on any atom is -0.381 e. The molecule has 32 heavy (non-hydrogen) atoms. The molecule has 1 saturated carbocycles. The van der Waals surface area contributed by atoms with E-state index in [2.05, 4.69) is 72.2 Å². The van der Waals surface area contributed by atoms with Crippen molar-refractivity contribution in [3.05, 3.63) is 71.7 Å². The number of hydrogen-bond donors (Lipinski definition) is 3. The standard InChI is InChI=1S/C29H43N3/c1-2-22(19-20-30)24-13-9-16-26(21-24)32-28-18-10-17-27(31-25-14-7-4-8-15-25)29(28)23-11-5-3-6-12-23/h4,7-10,13-14,16-17,22-25,28,31-32H,2-3,5-6,11-12,15,18-21,30H2,1H3. The number of nitrogens with one attached hydrogen (secondary N) is 2. The second-order valence-corrected chi connectivity index (χ2v) is 10.0. The van der Waals surface area contributed by atoms with E-state index in [-0.39, 0.29) is 0 Å². The summed E-state index contributed by atoms with van der Waals surface area (Å²) in [5, 5.41) is 7.91. The molecule has 174 valence electrons. The molecular weight excluding hydrogens is 390 g/mol. The highest BCUT2D eigenvalue weighted by molar-refractivity contribution is 5.37. The Bertz CT molecular complexity index is 791. The molecule has 0 saturated heterocycles. The van der Waals surface area contributed by atoms with Gasteiger partial charge in [-0.05, 0) is 80.5 Å². The van der Waals surface area contributed by atoms with Gasteiger partial charge in [0.05, 0.1) is 6.04 Å². The Morgan fingerprint density at radius 1 is 1.00 bits per heavy atom. The topological polar surface area (TPSA) is 50.1 Å². The Labute approximate surface area is 195 Å². The van der Waals surface area contributed by atoms with Crippen molar-refractivity contribution in [2.75, 3.05) is 6.54 Å². The average molecular weight is 434 g/mol. The van der Waals surface area contributed by atoms with Crippen LogP contribution < -0.4 is 16.4 Å². The number of nitrogens with two attached hydrogens (primary N) is 1. The van der Waals surface area contributed by atoms with Gasteiger partial charge in [0.2, 0.25) is 0 Å². The monoisotopic (exact) mass is 433 g/mol. The summed E-state index contributed by atoms with van der Waals surface area (Å²) in [7, 11) is 0. The van der Waals surface area contributed by atoms with E-state index in [1.54, 1.807) is 5.57 Å². The molecule has 0 heterocycles. The Balaban J connectivity index is 1.51. The highest BCUT2D eigenvalue weighted by atomic mass is 15.0. The van der Waals surface area contributed by atoms with Gasteiger partial charge in [0.25, 0.3) is 0 Å². The molecule has 0 aromatic rings. The maximum Gasteiger partial charge on any atom is 0.0530 e. The first kappa shape index (κ1) is 23.2. The molecule has 4 atom stereocenters. The van der Waals surface area contributed by atoms with Gasteiger partial charge in [-0.3, -0.25) is 0 Å². The molecule has 4 N–H and O–H groups in total. The second-order valence-electron chi connectivity index (χ2n) is 10.0. The Hall–Kier alpha value is -2.00. The van der Waals surface area contributed by atoms with E-state index in [0.717, 1.165) is 32.2 Å². The van der Waals surface area contributed by atoms with Crippen LogP contribution in [0.15, 0.2) is 71.7 Å². The van der Waals surface area contributed by atoms with Gasteiger partial charge in [-0.2, -0.15) is 0 Å². The molecule has 1 fully saturated rings. The molecule has 0 aromatic heterocycles. The van der Waals surface area contributed by atoms with E-state index in [1.807, 2.05) is 0 Å². The second kappa shape index (κ2) is 11.7. The summed E-state index contributed by atoms with van der Waals surface area (Å²) < 4.78 is 0. The largest absolute Gasteiger partial charge is 0.381 e. The highest BCUT2D eigenvalue weighted by Gasteiger charge is 2.30. The summed E-state index contributed by atoms with van der Waals surface area (Å²) >= 11 is 0. The number of hydrogen-bond acceptors (Lipinski definition) is 3. The summed E-state index contributed by atoms with van der Waals surface area (Å²) in [5.74, 6) is 1.99. The molecule has 0 amide bonds. The van der Waals surface area contributed by atoms with Crippen molar-refractivity contribution in [3.63, 3.8) is 0 Å². The minimum atomic E-state index is 0.403. The van der Waals surface area contributed by atoms with Crippen LogP contribution in [-0.4, -0.2) is 18.6 Å². The van der Waals surface area contributed by atoms with Gasteiger partial charge in [0.1, 0.15) is 0 Å². The normalized spacial score (nSPS) is 29.2. The Morgan fingerprint density at radius 3 is 2.62 bits per heavy atom. The molecule has 0 radical (unpaired) electrons. The van der Waals surface area contributed by atoms with Crippen LogP contribution in [0.3, 0.4) is 0 Å². The van der Waals surface area contributed by atoms with E-state index in [4.69, 9.17) is 5.73 Å². The van der Waals surface area contributed by atoms with E-state index in [1.165, 1.54) is 49.9 Å². The predicted molar refractivity (Wildman–Crippen MR) is 137 cm³/mol. The lowest BCUT2D eigenvalue weighted by atomic mass is 9.77. The summed E-state index contributed by atoms with van der Waals surface area (Å²) in [6, 6.07) is 0.807. The summed E-state index contributed by atoms with van der Waals surface area (Å²) in [5.41, 5.74) is 10.3. The van der Waals surface area contributed by atoms with Crippen LogP contribution in [0, 0.1) is 17.8 Å². The Kier molecular flexibility index (Phi) is 8.50. The molecule has 3 nitrogen and oxygen atoms in total. The van der Waals surface area contributed by atoms with Crippen LogP contribution in [0.25, 0.3) is 0 Å². The smallest absolute Gasteiger partial charge is 0.0530 e. The van der Waals surface area contributed by atoms with Crippen molar-refractivity contribution in [1.29, 1.82) is 0 Å². The van der Waals surface area contributed by atoms with Crippen molar-refractivity contribution in [2.45, 2.75) is 83.2 Å². The molecule has 3 heteroatoms. The van der Waals surface area contributed by atoms with E-state index in [9.17, 15) is 0 Å². The first-order valence-electron chi connectivity index (χ1n) is 13.1. The first-order chi connectivity index (χ1) is 15.8. The molecule has 0 spiro atoms. The van der Waals surface area contributed by atoms with E-state index >= 15 is 0 Å². The van der Waals surface area contributed by atoms with Crippen LogP contribution in [-0.2, 0) is 0 Å². The van der Waals surface area contributed by atoms with E-state index < -0.39 is 0 Å². The quantitative estimate of drug-likeness (QED) is 0.415. The van der Waals surface area contributed by atoms with Gasteiger partial charge >= 0.3 is 0 Å². The lowest BCUT2D eigenvalue weighted by molar-refractivity contribution is 0.344. The van der Waals surface area contributed by atoms with Crippen molar-refractivity contribution >= 4 is 0 Å². The molecular formula is C29H43N3.